The van der Waals surface area contributed by atoms with Crippen molar-refractivity contribution in [1.82, 2.24) is 9.62 Å². The standard InChI is InChI=1S/C10H18N2O2S/c13-15(14,7-8-1-2-8)12-4-3-9-5-11-6-10(9)12/h8-11H,1-7H2/t9-,10+/m0/s1. The van der Waals surface area contributed by atoms with Gasteiger partial charge in [-0.2, -0.15) is 4.31 Å². The SMILES string of the molecule is O=S(=O)(CC1CC1)N1CC[C@H]2CNC[C@H]21. The van der Waals surface area contributed by atoms with Gasteiger partial charge in [-0.05, 0) is 37.6 Å². The fraction of sp³-hybridized carbons (Fsp3) is 1.00. The second-order valence-electron chi connectivity index (χ2n) is 5.11. The molecule has 2 saturated heterocycles. The predicted octanol–water partition coefficient (Wildman–Crippen LogP) is 0.0199. The summed E-state index contributed by atoms with van der Waals surface area (Å²) in [6.07, 6.45) is 3.26. The molecule has 0 aromatic carbocycles. The van der Waals surface area contributed by atoms with E-state index < -0.39 is 10.0 Å². The number of hydrogen-bond donors (Lipinski definition) is 1. The summed E-state index contributed by atoms with van der Waals surface area (Å²) in [5.41, 5.74) is 0. The quantitative estimate of drug-likeness (QED) is 0.743. The molecule has 0 aromatic heterocycles. The van der Waals surface area contributed by atoms with Gasteiger partial charge in [0.2, 0.25) is 10.0 Å². The van der Waals surface area contributed by atoms with Crippen LogP contribution >= 0.6 is 0 Å². The van der Waals surface area contributed by atoms with E-state index in [9.17, 15) is 8.42 Å². The molecule has 2 heterocycles. The van der Waals surface area contributed by atoms with Gasteiger partial charge in [-0.3, -0.25) is 0 Å². The molecule has 0 aromatic rings. The topological polar surface area (TPSA) is 49.4 Å². The highest BCUT2D eigenvalue weighted by atomic mass is 32.2. The predicted molar refractivity (Wildman–Crippen MR) is 58.0 cm³/mol. The number of nitrogens with one attached hydrogen (secondary N) is 1. The van der Waals surface area contributed by atoms with Gasteiger partial charge in [-0.25, -0.2) is 8.42 Å². The normalized spacial score (nSPS) is 37.1. The number of sulfonamides is 1. The van der Waals surface area contributed by atoms with Crippen LogP contribution in [0.25, 0.3) is 0 Å². The largest absolute Gasteiger partial charge is 0.315 e. The lowest BCUT2D eigenvalue weighted by molar-refractivity contribution is 0.382. The fourth-order valence-electron chi connectivity index (χ4n) is 2.83. The first-order valence-electron chi connectivity index (χ1n) is 5.87. The van der Waals surface area contributed by atoms with Crippen LogP contribution in [0.1, 0.15) is 19.3 Å². The average molecular weight is 230 g/mol. The third-order valence-corrected chi connectivity index (χ3v) is 5.96. The Bertz CT molecular complexity index is 350. The molecule has 3 aliphatic rings. The summed E-state index contributed by atoms with van der Waals surface area (Å²) in [4.78, 5) is 0. The Morgan fingerprint density at radius 2 is 2.00 bits per heavy atom. The van der Waals surface area contributed by atoms with Gasteiger partial charge in [0.05, 0.1) is 5.75 Å². The van der Waals surface area contributed by atoms with Crippen LogP contribution in [0.3, 0.4) is 0 Å². The molecule has 5 heteroatoms. The molecule has 0 bridgehead atoms. The molecule has 4 nitrogen and oxygen atoms in total. The van der Waals surface area contributed by atoms with E-state index in [2.05, 4.69) is 5.32 Å². The second-order valence-corrected chi connectivity index (χ2v) is 7.07. The highest BCUT2D eigenvalue weighted by Gasteiger charge is 2.44. The smallest absolute Gasteiger partial charge is 0.214 e. The molecule has 0 amide bonds. The van der Waals surface area contributed by atoms with Gasteiger partial charge in [0.1, 0.15) is 0 Å². The minimum Gasteiger partial charge on any atom is -0.315 e. The Kier molecular flexibility index (Phi) is 2.30. The van der Waals surface area contributed by atoms with Gasteiger partial charge in [0, 0.05) is 19.1 Å². The minimum absolute atomic E-state index is 0.258. The molecule has 15 heavy (non-hydrogen) atoms. The van der Waals surface area contributed by atoms with Crippen LogP contribution < -0.4 is 5.32 Å². The van der Waals surface area contributed by atoms with Crippen molar-refractivity contribution in [2.45, 2.75) is 25.3 Å². The van der Waals surface area contributed by atoms with Crippen molar-refractivity contribution in [2.75, 3.05) is 25.4 Å². The molecular weight excluding hydrogens is 212 g/mol. The van der Waals surface area contributed by atoms with E-state index in [0.29, 0.717) is 17.6 Å². The Balaban J connectivity index is 1.75. The zero-order valence-electron chi connectivity index (χ0n) is 8.85. The lowest BCUT2D eigenvalue weighted by Gasteiger charge is -2.22. The number of rotatable bonds is 3. The van der Waals surface area contributed by atoms with Gasteiger partial charge < -0.3 is 5.32 Å². The first-order chi connectivity index (χ1) is 7.17. The summed E-state index contributed by atoms with van der Waals surface area (Å²) >= 11 is 0. The number of hydrogen-bond acceptors (Lipinski definition) is 3. The van der Waals surface area contributed by atoms with Crippen molar-refractivity contribution in [3.8, 4) is 0 Å². The molecule has 86 valence electrons. The fourth-order valence-corrected chi connectivity index (χ4v) is 5.00. The van der Waals surface area contributed by atoms with Gasteiger partial charge in [0.15, 0.2) is 0 Å². The molecule has 2 atom stereocenters. The molecular formula is C10H18N2O2S. The molecule has 3 fully saturated rings. The van der Waals surface area contributed by atoms with E-state index in [-0.39, 0.29) is 6.04 Å². The molecule has 0 radical (unpaired) electrons. The first-order valence-corrected chi connectivity index (χ1v) is 7.48. The summed E-state index contributed by atoms with van der Waals surface area (Å²) in [6.45, 7) is 2.61. The molecule has 0 unspecified atom stereocenters. The number of nitrogens with zero attached hydrogens (tertiary/aromatic N) is 1. The maximum absolute atomic E-state index is 12.1. The third-order valence-electron chi connectivity index (χ3n) is 3.89. The van der Waals surface area contributed by atoms with Crippen molar-refractivity contribution in [1.29, 1.82) is 0 Å². The summed E-state index contributed by atoms with van der Waals surface area (Å²) < 4.78 is 26.0. The van der Waals surface area contributed by atoms with Crippen molar-refractivity contribution in [2.24, 2.45) is 11.8 Å². The molecule has 2 aliphatic heterocycles. The summed E-state index contributed by atoms with van der Waals surface area (Å²) in [6, 6.07) is 0.258. The summed E-state index contributed by atoms with van der Waals surface area (Å²) in [7, 11) is -2.96. The Morgan fingerprint density at radius 3 is 2.73 bits per heavy atom. The molecule has 0 spiro atoms. The van der Waals surface area contributed by atoms with Gasteiger partial charge in [-0.1, -0.05) is 0 Å². The summed E-state index contributed by atoms with van der Waals surface area (Å²) in [5, 5.41) is 3.29. The van der Waals surface area contributed by atoms with E-state index in [4.69, 9.17) is 0 Å². The first kappa shape index (κ1) is 10.1. The van der Waals surface area contributed by atoms with Gasteiger partial charge in [0.25, 0.3) is 0 Å². The summed E-state index contributed by atoms with van der Waals surface area (Å²) in [5.74, 6) is 1.43. The van der Waals surface area contributed by atoms with Crippen molar-refractivity contribution in [3.63, 3.8) is 0 Å². The highest BCUT2D eigenvalue weighted by Crippen LogP contribution is 2.35. The van der Waals surface area contributed by atoms with Crippen LogP contribution in [0.4, 0.5) is 0 Å². The van der Waals surface area contributed by atoms with Crippen molar-refractivity contribution < 1.29 is 8.42 Å². The number of fused-ring (bicyclic) bond motifs is 1. The van der Waals surface area contributed by atoms with E-state index in [1.807, 2.05) is 0 Å². The van der Waals surface area contributed by atoms with Gasteiger partial charge >= 0.3 is 0 Å². The monoisotopic (exact) mass is 230 g/mol. The van der Waals surface area contributed by atoms with E-state index in [1.54, 1.807) is 4.31 Å². The van der Waals surface area contributed by atoms with Gasteiger partial charge in [-0.15, -0.1) is 0 Å². The molecule has 1 aliphatic carbocycles. The van der Waals surface area contributed by atoms with Crippen molar-refractivity contribution >= 4 is 10.0 Å². The van der Waals surface area contributed by atoms with Crippen molar-refractivity contribution in [3.05, 3.63) is 0 Å². The van der Waals surface area contributed by atoms with Crippen LogP contribution in [0, 0.1) is 11.8 Å². The van der Waals surface area contributed by atoms with Crippen LogP contribution in [0.5, 0.6) is 0 Å². The van der Waals surface area contributed by atoms with Crippen LogP contribution in [0.15, 0.2) is 0 Å². The maximum Gasteiger partial charge on any atom is 0.214 e. The van der Waals surface area contributed by atoms with Crippen LogP contribution in [-0.2, 0) is 10.0 Å². The lowest BCUT2D eigenvalue weighted by atomic mass is 10.1. The third kappa shape index (κ3) is 1.81. The Labute approximate surface area is 91.1 Å². The van der Waals surface area contributed by atoms with Crippen LogP contribution in [-0.4, -0.2) is 44.2 Å². The Hall–Kier alpha value is -0.130. The van der Waals surface area contributed by atoms with Crippen LogP contribution in [0.2, 0.25) is 0 Å². The second kappa shape index (κ2) is 3.43. The lowest BCUT2D eigenvalue weighted by Crippen LogP contribution is -2.40. The maximum atomic E-state index is 12.1. The van der Waals surface area contributed by atoms with E-state index in [1.165, 1.54) is 0 Å². The zero-order chi connectivity index (χ0) is 10.5. The molecule has 1 N–H and O–H groups in total. The minimum atomic E-state index is -2.96. The molecule has 3 rings (SSSR count). The zero-order valence-corrected chi connectivity index (χ0v) is 9.67. The molecule has 1 saturated carbocycles. The van der Waals surface area contributed by atoms with E-state index >= 15 is 0 Å². The Morgan fingerprint density at radius 1 is 1.20 bits per heavy atom. The average Bonchev–Trinajstić information content (AvgIpc) is 2.71. The highest BCUT2D eigenvalue weighted by molar-refractivity contribution is 7.89. The van der Waals surface area contributed by atoms with E-state index in [0.717, 1.165) is 38.9 Å².